The molecule has 4 N–H and O–H groups in total. The number of hydrogen-bond donors (Lipinski definition) is 6. The molecule has 0 bridgehead atoms. The highest BCUT2D eigenvalue weighted by Gasteiger charge is 2.19. The second-order valence-electron chi connectivity index (χ2n) is 6.15. The zero-order valence-corrected chi connectivity index (χ0v) is 16.3. The topological polar surface area (TPSA) is 115 Å². The number of carboxylic acid groups (broad SMARTS) is 2. The Balaban J connectivity index is 0. The molecule has 0 amide bonds. The maximum atomic E-state index is 9.76. The number of aliphatic hydroxyl groups is 2. The van der Waals surface area contributed by atoms with Crippen LogP contribution in [0, 0.1) is 11.8 Å². The third-order valence-corrected chi connectivity index (χ3v) is 3.79. The van der Waals surface area contributed by atoms with Gasteiger partial charge in [0.2, 0.25) is 0 Å². The standard InChI is InChI=1S/C8H16O2.2C4H8O2S/c9-5-7-1-2-8(6-10)4-3-7;2*1-3(7)2-4(5)6/h7-10H,1-6H2;2*3,7H,2H2,1H3,(H,5,6). The third-order valence-electron chi connectivity index (χ3n) is 3.42. The summed E-state index contributed by atoms with van der Waals surface area (Å²) in [5, 5.41) is 33.6. The minimum atomic E-state index is -0.789. The van der Waals surface area contributed by atoms with Crippen molar-refractivity contribution in [2.75, 3.05) is 13.2 Å². The molecule has 1 aliphatic rings. The molecule has 2 atom stereocenters. The van der Waals surface area contributed by atoms with Crippen LogP contribution in [0.1, 0.15) is 52.4 Å². The smallest absolute Gasteiger partial charge is 0.304 e. The highest BCUT2D eigenvalue weighted by Crippen LogP contribution is 2.27. The molecule has 0 radical (unpaired) electrons. The Morgan fingerprint density at radius 2 is 1.08 bits per heavy atom. The second kappa shape index (κ2) is 16.1. The molecular formula is C16H32O6S2. The van der Waals surface area contributed by atoms with Gasteiger partial charge in [-0.3, -0.25) is 9.59 Å². The van der Waals surface area contributed by atoms with E-state index in [0.29, 0.717) is 25.0 Å². The Hall–Kier alpha value is -0.440. The Morgan fingerprint density at radius 3 is 1.17 bits per heavy atom. The predicted molar refractivity (Wildman–Crippen MR) is 101 cm³/mol. The average Bonchev–Trinajstić information content (AvgIpc) is 2.45. The zero-order chi connectivity index (χ0) is 19.1. The molecule has 1 rings (SSSR count). The van der Waals surface area contributed by atoms with Gasteiger partial charge in [0.1, 0.15) is 0 Å². The van der Waals surface area contributed by atoms with Crippen molar-refractivity contribution >= 4 is 37.2 Å². The molecule has 0 heterocycles. The van der Waals surface area contributed by atoms with Crippen LogP contribution in [0.25, 0.3) is 0 Å². The quantitative estimate of drug-likeness (QED) is 0.392. The van der Waals surface area contributed by atoms with Gasteiger partial charge in [0.05, 0.1) is 12.8 Å². The molecule has 6 nitrogen and oxygen atoms in total. The van der Waals surface area contributed by atoms with Gasteiger partial charge in [0.25, 0.3) is 0 Å². The van der Waals surface area contributed by atoms with Crippen LogP contribution in [0.4, 0.5) is 0 Å². The monoisotopic (exact) mass is 384 g/mol. The molecule has 1 fully saturated rings. The van der Waals surface area contributed by atoms with E-state index in [0.717, 1.165) is 25.7 Å². The molecular weight excluding hydrogens is 352 g/mol. The van der Waals surface area contributed by atoms with E-state index in [1.807, 2.05) is 0 Å². The molecule has 0 saturated heterocycles. The van der Waals surface area contributed by atoms with Crippen molar-refractivity contribution < 1.29 is 30.0 Å². The number of rotatable bonds is 6. The summed E-state index contributed by atoms with van der Waals surface area (Å²) in [6.07, 6.45) is 4.68. The van der Waals surface area contributed by atoms with E-state index in [1.54, 1.807) is 13.8 Å². The van der Waals surface area contributed by atoms with Gasteiger partial charge < -0.3 is 20.4 Å². The lowest BCUT2D eigenvalue weighted by Crippen LogP contribution is -2.19. The first-order valence-corrected chi connectivity index (χ1v) is 9.16. The van der Waals surface area contributed by atoms with Crippen LogP contribution in [-0.2, 0) is 9.59 Å². The lowest BCUT2D eigenvalue weighted by atomic mass is 9.83. The molecule has 1 saturated carbocycles. The zero-order valence-electron chi connectivity index (χ0n) is 14.5. The summed E-state index contributed by atoms with van der Waals surface area (Å²) < 4.78 is 0. The summed E-state index contributed by atoms with van der Waals surface area (Å²) in [4.78, 5) is 19.5. The summed E-state index contributed by atoms with van der Waals surface area (Å²) >= 11 is 7.71. The van der Waals surface area contributed by atoms with Crippen molar-refractivity contribution in [1.29, 1.82) is 0 Å². The number of aliphatic hydroxyl groups excluding tert-OH is 2. The average molecular weight is 385 g/mol. The maximum Gasteiger partial charge on any atom is 0.304 e. The highest BCUT2D eigenvalue weighted by atomic mass is 32.1. The first-order chi connectivity index (χ1) is 11.1. The normalized spacial score (nSPS) is 22.1. The van der Waals surface area contributed by atoms with Crippen molar-refractivity contribution in [3.8, 4) is 0 Å². The van der Waals surface area contributed by atoms with Crippen molar-refractivity contribution in [2.24, 2.45) is 11.8 Å². The Morgan fingerprint density at radius 1 is 0.833 bits per heavy atom. The van der Waals surface area contributed by atoms with E-state index in [2.05, 4.69) is 25.3 Å². The van der Waals surface area contributed by atoms with E-state index < -0.39 is 11.9 Å². The fourth-order valence-corrected chi connectivity index (χ4v) is 2.41. The third kappa shape index (κ3) is 19.6. The first-order valence-electron chi connectivity index (χ1n) is 8.13. The SMILES string of the molecule is CC(S)CC(=O)O.CC(S)CC(=O)O.OCC1CCC(CO)CC1. The summed E-state index contributed by atoms with van der Waals surface area (Å²) in [7, 11) is 0. The molecule has 144 valence electrons. The van der Waals surface area contributed by atoms with Gasteiger partial charge in [-0.2, -0.15) is 25.3 Å². The Kier molecular flexibility index (Phi) is 17.3. The van der Waals surface area contributed by atoms with Crippen molar-refractivity contribution in [3.05, 3.63) is 0 Å². The molecule has 8 heteroatoms. The predicted octanol–water partition coefficient (Wildman–Crippen LogP) is 2.34. The van der Waals surface area contributed by atoms with E-state index in [1.165, 1.54) is 0 Å². The molecule has 0 spiro atoms. The van der Waals surface area contributed by atoms with Crippen molar-refractivity contribution in [2.45, 2.75) is 62.9 Å². The van der Waals surface area contributed by atoms with Crippen LogP contribution >= 0.6 is 25.3 Å². The minimum Gasteiger partial charge on any atom is -0.481 e. The molecule has 1 aliphatic carbocycles. The Bertz CT molecular complexity index is 297. The summed E-state index contributed by atoms with van der Waals surface area (Å²) in [5.74, 6) is -0.546. The van der Waals surface area contributed by atoms with Gasteiger partial charge >= 0.3 is 11.9 Å². The van der Waals surface area contributed by atoms with Crippen molar-refractivity contribution in [3.63, 3.8) is 0 Å². The fraction of sp³-hybridized carbons (Fsp3) is 0.875. The summed E-state index contributed by atoms with van der Waals surface area (Å²) in [5.41, 5.74) is 0. The van der Waals surface area contributed by atoms with Crippen LogP contribution in [0.5, 0.6) is 0 Å². The molecule has 0 aromatic rings. The number of thiol groups is 2. The Labute approximate surface area is 155 Å². The molecule has 0 aliphatic heterocycles. The van der Waals surface area contributed by atoms with Gasteiger partial charge in [-0.1, -0.05) is 13.8 Å². The molecule has 24 heavy (non-hydrogen) atoms. The summed E-state index contributed by atoms with van der Waals surface area (Å²) in [6.45, 7) is 4.16. The van der Waals surface area contributed by atoms with E-state index >= 15 is 0 Å². The van der Waals surface area contributed by atoms with Gasteiger partial charge in [0, 0.05) is 23.7 Å². The van der Waals surface area contributed by atoms with Crippen LogP contribution < -0.4 is 0 Å². The largest absolute Gasteiger partial charge is 0.481 e. The van der Waals surface area contributed by atoms with Crippen molar-refractivity contribution in [1.82, 2.24) is 0 Å². The minimum absolute atomic E-state index is 0.0301. The highest BCUT2D eigenvalue weighted by molar-refractivity contribution is 7.81. The molecule has 2 unspecified atom stereocenters. The number of carboxylic acids is 2. The van der Waals surface area contributed by atoms with Gasteiger partial charge in [-0.25, -0.2) is 0 Å². The van der Waals surface area contributed by atoms with Gasteiger partial charge in [0.15, 0.2) is 0 Å². The van der Waals surface area contributed by atoms with E-state index in [9.17, 15) is 9.59 Å². The van der Waals surface area contributed by atoms with Gasteiger partial charge in [-0.05, 0) is 37.5 Å². The maximum absolute atomic E-state index is 9.76. The lowest BCUT2D eigenvalue weighted by Gasteiger charge is -2.25. The van der Waals surface area contributed by atoms with Crippen LogP contribution in [0.2, 0.25) is 0 Å². The van der Waals surface area contributed by atoms with Crippen LogP contribution in [-0.4, -0.2) is 56.1 Å². The first kappa shape index (κ1) is 25.8. The van der Waals surface area contributed by atoms with E-state index in [-0.39, 0.29) is 23.3 Å². The van der Waals surface area contributed by atoms with Crippen LogP contribution in [0.15, 0.2) is 0 Å². The number of carbonyl (C=O) groups is 2. The fourth-order valence-electron chi connectivity index (χ4n) is 2.10. The lowest BCUT2D eigenvalue weighted by molar-refractivity contribution is -0.137. The second-order valence-corrected chi connectivity index (χ2v) is 7.91. The molecule has 0 aromatic carbocycles. The van der Waals surface area contributed by atoms with Gasteiger partial charge in [-0.15, -0.1) is 0 Å². The summed E-state index contributed by atoms with van der Waals surface area (Å²) in [6, 6.07) is 0. The number of hydrogen-bond acceptors (Lipinski definition) is 6. The van der Waals surface area contributed by atoms with Crippen LogP contribution in [0.3, 0.4) is 0 Å². The number of aliphatic carboxylic acids is 2. The molecule has 0 aromatic heterocycles. The van der Waals surface area contributed by atoms with E-state index in [4.69, 9.17) is 20.4 Å².